The van der Waals surface area contributed by atoms with Crippen LogP contribution < -0.4 is 0 Å². The molecule has 0 atom stereocenters. The predicted molar refractivity (Wildman–Crippen MR) is 51.0 cm³/mol. The van der Waals surface area contributed by atoms with Crippen LogP contribution in [0, 0.1) is 5.82 Å². The first kappa shape index (κ1) is 10.2. The van der Waals surface area contributed by atoms with Gasteiger partial charge in [-0.25, -0.2) is 4.39 Å². The van der Waals surface area contributed by atoms with Crippen molar-refractivity contribution in [3.05, 3.63) is 35.6 Å². The zero-order chi connectivity index (χ0) is 9.90. The summed E-state index contributed by atoms with van der Waals surface area (Å²) in [5.74, 6) is -0.215. The molecule has 13 heavy (non-hydrogen) atoms. The molecule has 2 heteroatoms. The molecule has 0 aliphatic heterocycles. The van der Waals surface area contributed by atoms with E-state index < -0.39 is 5.60 Å². The van der Waals surface area contributed by atoms with Crippen LogP contribution in [0.3, 0.4) is 0 Å². The van der Waals surface area contributed by atoms with Crippen LogP contribution in [0.25, 0.3) is 0 Å². The Morgan fingerprint density at radius 2 is 2.08 bits per heavy atom. The van der Waals surface area contributed by atoms with Crippen LogP contribution >= 0.6 is 0 Å². The van der Waals surface area contributed by atoms with Crippen LogP contribution in [0.4, 0.5) is 4.39 Å². The van der Waals surface area contributed by atoms with Gasteiger partial charge in [-0.1, -0.05) is 12.1 Å². The fourth-order valence-corrected chi connectivity index (χ4v) is 1.14. The summed E-state index contributed by atoms with van der Waals surface area (Å²) >= 11 is 0. The molecule has 1 rings (SSSR count). The second-order valence-electron chi connectivity index (χ2n) is 3.94. The molecule has 0 saturated heterocycles. The van der Waals surface area contributed by atoms with Crippen LogP contribution in [0.5, 0.6) is 0 Å². The molecule has 0 fully saturated rings. The highest BCUT2D eigenvalue weighted by molar-refractivity contribution is 5.16. The highest BCUT2D eigenvalue weighted by atomic mass is 19.1. The van der Waals surface area contributed by atoms with E-state index in [0.717, 1.165) is 5.56 Å². The molecule has 0 unspecified atom stereocenters. The number of halogens is 1. The lowest BCUT2D eigenvalue weighted by Crippen LogP contribution is -2.19. The van der Waals surface area contributed by atoms with Gasteiger partial charge in [0.15, 0.2) is 0 Å². The summed E-state index contributed by atoms with van der Waals surface area (Å²) in [4.78, 5) is 0. The summed E-state index contributed by atoms with van der Waals surface area (Å²) in [6.07, 6.45) is 1.36. The molecule has 1 aromatic carbocycles. The van der Waals surface area contributed by atoms with E-state index in [1.54, 1.807) is 19.9 Å². The van der Waals surface area contributed by atoms with Gasteiger partial charge in [-0.05, 0) is 44.4 Å². The van der Waals surface area contributed by atoms with Crippen molar-refractivity contribution in [1.29, 1.82) is 0 Å². The van der Waals surface area contributed by atoms with Gasteiger partial charge in [0.25, 0.3) is 0 Å². The molecule has 0 spiro atoms. The Hall–Kier alpha value is -0.890. The minimum Gasteiger partial charge on any atom is -0.390 e. The summed E-state index contributed by atoms with van der Waals surface area (Å²) in [7, 11) is 0. The quantitative estimate of drug-likeness (QED) is 0.761. The average molecular weight is 182 g/mol. The van der Waals surface area contributed by atoms with Crippen molar-refractivity contribution < 1.29 is 9.50 Å². The average Bonchev–Trinajstić information content (AvgIpc) is 2.00. The highest BCUT2D eigenvalue weighted by Gasteiger charge is 2.11. The summed E-state index contributed by atoms with van der Waals surface area (Å²) in [5, 5.41) is 9.45. The van der Waals surface area contributed by atoms with Crippen LogP contribution in [0.15, 0.2) is 24.3 Å². The van der Waals surface area contributed by atoms with Crippen molar-refractivity contribution in [2.24, 2.45) is 0 Å². The molecule has 0 amide bonds. The van der Waals surface area contributed by atoms with E-state index in [2.05, 4.69) is 0 Å². The van der Waals surface area contributed by atoms with Crippen LogP contribution in [0.2, 0.25) is 0 Å². The molecule has 0 bridgehead atoms. The van der Waals surface area contributed by atoms with Crippen LogP contribution in [-0.4, -0.2) is 10.7 Å². The maximum absolute atomic E-state index is 12.7. The smallest absolute Gasteiger partial charge is 0.123 e. The van der Waals surface area contributed by atoms with Gasteiger partial charge in [0.1, 0.15) is 5.82 Å². The second-order valence-corrected chi connectivity index (χ2v) is 3.94. The Morgan fingerprint density at radius 1 is 1.38 bits per heavy atom. The van der Waals surface area contributed by atoms with Gasteiger partial charge in [0.2, 0.25) is 0 Å². The highest BCUT2D eigenvalue weighted by Crippen LogP contribution is 2.13. The van der Waals surface area contributed by atoms with E-state index in [1.165, 1.54) is 12.1 Å². The van der Waals surface area contributed by atoms with E-state index in [4.69, 9.17) is 0 Å². The van der Waals surface area contributed by atoms with Gasteiger partial charge >= 0.3 is 0 Å². The van der Waals surface area contributed by atoms with E-state index >= 15 is 0 Å². The third kappa shape index (κ3) is 4.04. The lowest BCUT2D eigenvalue weighted by Gasteiger charge is -2.16. The zero-order valence-electron chi connectivity index (χ0n) is 8.05. The van der Waals surface area contributed by atoms with Crippen LogP contribution in [0.1, 0.15) is 25.8 Å². The fraction of sp³-hybridized carbons (Fsp3) is 0.455. The molecule has 0 aliphatic carbocycles. The van der Waals surface area contributed by atoms with Crippen molar-refractivity contribution in [3.8, 4) is 0 Å². The molecule has 0 aromatic heterocycles. The first-order valence-electron chi connectivity index (χ1n) is 4.44. The minimum absolute atomic E-state index is 0.215. The minimum atomic E-state index is -0.674. The first-order valence-corrected chi connectivity index (χ1v) is 4.44. The topological polar surface area (TPSA) is 20.2 Å². The Labute approximate surface area is 78.2 Å². The largest absolute Gasteiger partial charge is 0.390 e. The SMILES string of the molecule is CC(C)(O)CCc1cccc(F)c1. The lowest BCUT2D eigenvalue weighted by atomic mass is 9.99. The Morgan fingerprint density at radius 3 is 2.62 bits per heavy atom. The third-order valence-corrected chi connectivity index (χ3v) is 1.91. The summed E-state index contributed by atoms with van der Waals surface area (Å²) in [6, 6.07) is 6.49. The maximum Gasteiger partial charge on any atom is 0.123 e. The van der Waals surface area contributed by atoms with E-state index in [0.29, 0.717) is 12.8 Å². The van der Waals surface area contributed by atoms with E-state index in [9.17, 15) is 9.50 Å². The number of benzene rings is 1. The summed E-state index contributed by atoms with van der Waals surface area (Å²) in [5.41, 5.74) is 0.258. The van der Waals surface area contributed by atoms with Gasteiger partial charge < -0.3 is 5.11 Å². The molecule has 1 nitrogen and oxygen atoms in total. The molecule has 0 radical (unpaired) electrons. The Kier molecular flexibility index (Phi) is 3.04. The Bertz CT molecular complexity index is 276. The molecular formula is C11H15FO. The van der Waals surface area contributed by atoms with Crippen molar-refractivity contribution in [1.82, 2.24) is 0 Å². The van der Waals surface area contributed by atoms with Gasteiger partial charge in [-0.2, -0.15) is 0 Å². The summed E-state index contributed by atoms with van der Waals surface area (Å²) < 4.78 is 12.7. The normalized spacial score (nSPS) is 11.7. The molecule has 1 aromatic rings. The van der Waals surface area contributed by atoms with Crippen molar-refractivity contribution >= 4 is 0 Å². The molecule has 0 aliphatic rings. The molecule has 0 heterocycles. The van der Waals surface area contributed by atoms with Gasteiger partial charge in [0.05, 0.1) is 5.60 Å². The van der Waals surface area contributed by atoms with E-state index in [-0.39, 0.29) is 5.82 Å². The van der Waals surface area contributed by atoms with Crippen LogP contribution in [-0.2, 0) is 6.42 Å². The van der Waals surface area contributed by atoms with Crippen molar-refractivity contribution in [2.75, 3.05) is 0 Å². The maximum atomic E-state index is 12.7. The molecule has 72 valence electrons. The second kappa shape index (κ2) is 3.88. The molecular weight excluding hydrogens is 167 g/mol. The number of hydrogen-bond acceptors (Lipinski definition) is 1. The monoisotopic (exact) mass is 182 g/mol. The van der Waals surface area contributed by atoms with Gasteiger partial charge in [-0.3, -0.25) is 0 Å². The fourth-order valence-electron chi connectivity index (χ4n) is 1.14. The first-order chi connectivity index (χ1) is 5.97. The number of aliphatic hydroxyl groups is 1. The van der Waals surface area contributed by atoms with Crippen molar-refractivity contribution in [2.45, 2.75) is 32.3 Å². The third-order valence-electron chi connectivity index (χ3n) is 1.91. The lowest BCUT2D eigenvalue weighted by molar-refractivity contribution is 0.0714. The summed E-state index contributed by atoms with van der Waals surface area (Å²) in [6.45, 7) is 3.51. The number of hydrogen-bond donors (Lipinski definition) is 1. The number of aryl methyl sites for hydroxylation is 1. The molecule has 1 N–H and O–H groups in total. The predicted octanol–water partition coefficient (Wildman–Crippen LogP) is 2.53. The van der Waals surface area contributed by atoms with E-state index in [1.807, 2.05) is 6.07 Å². The van der Waals surface area contributed by atoms with Gasteiger partial charge in [-0.15, -0.1) is 0 Å². The zero-order valence-corrected chi connectivity index (χ0v) is 8.05. The Balaban J connectivity index is 2.55. The number of rotatable bonds is 3. The standard InChI is InChI=1S/C11H15FO/c1-11(2,13)7-6-9-4-3-5-10(12)8-9/h3-5,8,13H,6-7H2,1-2H3. The molecule has 0 saturated carbocycles. The van der Waals surface area contributed by atoms with Gasteiger partial charge in [0, 0.05) is 0 Å². The van der Waals surface area contributed by atoms with Crippen molar-refractivity contribution in [3.63, 3.8) is 0 Å².